The maximum Gasteiger partial charge on any atom is 0.0652 e. The molecule has 0 spiro atoms. The summed E-state index contributed by atoms with van der Waals surface area (Å²) < 4.78 is 0. The molecule has 0 saturated carbocycles. The molecule has 1 aromatic rings. The molecule has 0 unspecified atom stereocenters. The maximum atomic E-state index is 5.17. The normalized spacial score (nSPS) is 12.1. The van der Waals surface area contributed by atoms with E-state index in [0.29, 0.717) is 0 Å². The van der Waals surface area contributed by atoms with E-state index in [1.54, 1.807) is 11.3 Å². The van der Waals surface area contributed by atoms with Crippen molar-refractivity contribution in [3.05, 3.63) is 21.4 Å². The molecule has 60 valence electrons. The molecule has 0 bridgehead atoms. The van der Waals surface area contributed by atoms with Crippen LogP contribution in [-0.2, 0) is 0 Å². The average molecular weight is 168 g/mol. The summed E-state index contributed by atoms with van der Waals surface area (Å²) in [4.78, 5) is 2.59. The van der Waals surface area contributed by atoms with Gasteiger partial charge in [0, 0.05) is 15.3 Å². The van der Waals surface area contributed by atoms with Crippen molar-refractivity contribution in [2.75, 3.05) is 0 Å². The largest absolute Gasteiger partial charge is 0.323 e. The van der Waals surface area contributed by atoms with E-state index in [2.05, 4.69) is 25.0 Å². The SMILES string of the molecule is CC(=NN)c1cc(C)sc1C. The van der Waals surface area contributed by atoms with Gasteiger partial charge in [-0.15, -0.1) is 11.3 Å². The van der Waals surface area contributed by atoms with Crippen molar-refractivity contribution in [2.24, 2.45) is 10.9 Å². The van der Waals surface area contributed by atoms with Gasteiger partial charge < -0.3 is 5.84 Å². The lowest BCUT2D eigenvalue weighted by Gasteiger charge is -1.94. The molecular formula is C8H12N2S. The van der Waals surface area contributed by atoms with Gasteiger partial charge in [-0.2, -0.15) is 5.10 Å². The fraction of sp³-hybridized carbons (Fsp3) is 0.375. The second kappa shape index (κ2) is 3.05. The Labute approximate surface area is 70.7 Å². The number of nitrogens with two attached hydrogens (primary N) is 1. The van der Waals surface area contributed by atoms with Gasteiger partial charge in [0.1, 0.15) is 0 Å². The van der Waals surface area contributed by atoms with Gasteiger partial charge in [0.15, 0.2) is 0 Å². The number of hydrogen-bond acceptors (Lipinski definition) is 3. The van der Waals surface area contributed by atoms with Crippen molar-refractivity contribution >= 4 is 17.0 Å². The summed E-state index contributed by atoms with van der Waals surface area (Å²) in [6.07, 6.45) is 0. The average Bonchev–Trinajstić information content (AvgIpc) is 2.28. The summed E-state index contributed by atoms with van der Waals surface area (Å²) in [6, 6.07) is 2.12. The molecule has 1 rings (SSSR count). The molecule has 11 heavy (non-hydrogen) atoms. The van der Waals surface area contributed by atoms with Crippen molar-refractivity contribution in [2.45, 2.75) is 20.8 Å². The highest BCUT2D eigenvalue weighted by molar-refractivity contribution is 7.12. The van der Waals surface area contributed by atoms with Crippen molar-refractivity contribution in [1.29, 1.82) is 0 Å². The molecule has 0 aliphatic heterocycles. The Kier molecular flexibility index (Phi) is 2.29. The summed E-state index contributed by atoms with van der Waals surface area (Å²) in [6.45, 7) is 6.10. The minimum atomic E-state index is 0.909. The van der Waals surface area contributed by atoms with Crippen LogP contribution in [0.4, 0.5) is 0 Å². The van der Waals surface area contributed by atoms with E-state index in [0.717, 1.165) is 5.71 Å². The number of thiophene rings is 1. The first-order chi connectivity index (χ1) is 5.15. The molecule has 0 aliphatic rings. The molecule has 2 N–H and O–H groups in total. The first kappa shape index (κ1) is 8.27. The summed E-state index contributed by atoms with van der Waals surface area (Å²) in [7, 11) is 0. The van der Waals surface area contributed by atoms with Gasteiger partial charge in [0.25, 0.3) is 0 Å². The topological polar surface area (TPSA) is 38.4 Å². The third-order valence-electron chi connectivity index (χ3n) is 1.62. The minimum Gasteiger partial charge on any atom is -0.323 e. The molecule has 0 aromatic carbocycles. The van der Waals surface area contributed by atoms with Crippen molar-refractivity contribution in [1.82, 2.24) is 0 Å². The highest BCUT2D eigenvalue weighted by atomic mass is 32.1. The van der Waals surface area contributed by atoms with E-state index < -0.39 is 0 Å². The van der Waals surface area contributed by atoms with Crippen LogP contribution in [0, 0.1) is 13.8 Å². The molecular weight excluding hydrogens is 156 g/mol. The summed E-state index contributed by atoms with van der Waals surface area (Å²) >= 11 is 1.78. The third-order valence-corrected chi connectivity index (χ3v) is 2.59. The lowest BCUT2D eigenvalue weighted by atomic mass is 10.2. The second-order valence-corrected chi connectivity index (χ2v) is 4.00. The molecule has 0 fully saturated rings. The lowest BCUT2D eigenvalue weighted by molar-refractivity contribution is 1.23. The van der Waals surface area contributed by atoms with E-state index in [1.165, 1.54) is 15.3 Å². The van der Waals surface area contributed by atoms with Gasteiger partial charge in [-0.3, -0.25) is 0 Å². The van der Waals surface area contributed by atoms with Crippen LogP contribution in [0.15, 0.2) is 11.2 Å². The van der Waals surface area contributed by atoms with Gasteiger partial charge in [0.05, 0.1) is 5.71 Å². The van der Waals surface area contributed by atoms with E-state index in [1.807, 2.05) is 6.92 Å². The Morgan fingerprint density at radius 1 is 1.55 bits per heavy atom. The highest BCUT2D eigenvalue weighted by Crippen LogP contribution is 2.20. The Hall–Kier alpha value is -0.830. The smallest absolute Gasteiger partial charge is 0.0652 e. The van der Waals surface area contributed by atoms with Gasteiger partial charge in [-0.05, 0) is 26.8 Å². The number of nitrogens with zero attached hydrogens (tertiary/aromatic N) is 1. The number of hydrogen-bond donors (Lipinski definition) is 1. The first-order valence-electron chi connectivity index (χ1n) is 3.47. The quantitative estimate of drug-likeness (QED) is 0.389. The van der Waals surface area contributed by atoms with Gasteiger partial charge in [-0.25, -0.2) is 0 Å². The van der Waals surface area contributed by atoms with Crippen LogP contribution >= 0.6 is 11.3 Å². The monoisotopic (exact) mass is 168 g/mol. The Morgan fingerprint density at radius 2 is 2.18 bits per heavy atom. The lowest BCUT2D eigenvalue weighted by Crippen LogP contribution is -1.97. The Morgan fingerprint density at radius 3 is 2.55 bits per heavy atom. The minimum absolute atomic E-state index is 0.909. The Balaban J connectivity index is 3.13. The molecule has 1 heterocycles. The van der Waals surface area contributed by atoms with E-state index in [4.69, 9.17) is 5.84 Å². The Bertz CT molecular complexity index is 286. The zero-order chi connectivity index (χ0) is 8.43. The molecule has 0 radical (unpaired) electrons. The predicted octanol–water partition coefficient (Wildman–Crippen LogP) is 2.05. The van der Waals surface area contributed by atoms with Crippen LogP contribution < -0.4 is 5.84 Å². The van der Waals surface area contributed by atoms with Crippen LogP contribution in [0.25, 0.3) is 0 Å². The summed E-state index contributed by atoms with van der Waals surface area (Å²) in [5.74, 6) is 5.17. The van der Waals surface area contributed by atoms with E-state index in [9.17, 15) is 0 Å². The van der Waals surface area contributed by atoms with E-state index >= 15 is 0 Å². The molecule has 0 saturated heterocycles. The summed E-state index contributed by atoms with van der Waals surface area (Å²) in [5.41, 5.74) is 2.09. The molecule has 3 heteroatoms. The number of hydrazone groups is 1. The standard InChI is InChI=1S/C8H12N2S/c1-5-4-8(6(2)10-9)7(3)11-5/h4H,9H2,1-3H3. The van der Waals surface area contributed by atoms with Crippen LogP contribution in [0.3, 0.4) is 0 Å². The maximum absolute atomic E-state index is 5.17. The first-order valence-corrected chi connectivity index (χ1v) is 4.28. The zero-order valence-electron chi connectivity index (χ0n) is 7.01. The van der Waals surface area contributed by atoms with E-state index in [-0.39, 0.29) is 0 Å². The van der Waals surface area contributed by atoms with Crippen LogP contribution in [0.2, 0.25) is 0 Å². The highest BCUT2D eigenvalue weighted by Gasteiger charge is 2.04. The zero-order valence-corrected chi connectivity index (χ0v) is 7.83. The molecule has 2 nitrogen and oxygen atoms in total. The van der Waals surface area contributed by atoms with Crippen LogP contribution in [-0.4, -0.2) is 5.71 Å². The third kappa shape index (κ3) is 1.60. The van der Waals surface area contributed by atoms with Gasteiger partial charge >= 0.3 is 0 Å². The predicted molar refractivity (Wildman–Crippen MR) is 50.2 cm³/mol. The van der Waals surface area contributed by atoms with Gasteiger partial charge in [0.2, 0.25) is 0 Å². The van der Waals surface area contributed by atoms with Crippen LogP contribution in [0.5, 0.6) is 0 Å². The van der Waals surface area contributed by atoms with Gasteiger partial charge in [-0.1, -0.05) is 0 Å². The molecule has 0 atom stereocenters. The van der Waals surface area contributed by atoms with Crippen molar-refractivity contribution in [3.8, 4) is 0 Å². The van der Waals surface area contributed by atoms with Crippen molar-refractivity contribution in [3.63, 3.8) is 0 Å². The van der Waals surface area contributed by atoms with Crippen LogP contribution in [0.1, 0.15) is 22.2 Å². The fourth-order valence-electron chi connectivity index (χ4n) is 1.06. The van der Waals surface area contributed by atoms with Crippen molar-refractivity contribution < 1.29 is 0 Å². The number of aryl methyl sites for hydroxylation is 2. The molecule has 0 amide bonds. The molecule has 1 aromatic heterocycles. The number of rotatable bonds is 1. The summed E-state index contributed by atoms with van der Waals surface area (Å²) in [5, 5.41) is 3.66. The second-order valence-electron chi connectivity index (χ2n) is 2.54. The fourth-order valence-corrected chi connectivity index (χ4v) is 2.04. The molecule has 0 aliphatic carbocycles.